The Morgan fingerprint density at radius 1 is 1.22 bits per heavy atom. The lowest BCUT2D eigenvalue weighted by molar-refractivity contribution is 1.45. The number of hydrogen-bond donors (Lipinski definition) is 0. The van der Waals surface area contributed by atoms with Crippen LogP contribution in [-0.4, -0.2) is 0 Å². The van der Waals surface area contributed by atoms with E-state index in [1.807, 2.05) is 19.9 Å². The van der Waals surface area contributed by atoms with Crippen LogP contribution in [-0.2, 0) is 0 Å². The van der Waals surface area contributed by atoms with Gasteiger partial charge in [0.15, 0.2) is 0 Å². The Morgan fingerprint density at radius 2 is 1.78 bits per heavy atom. The fourth-order valence-electron chi connectivity index (χ4n) is 0.370. The Labute approximate surface area is 57.6 Å². The predicted octanol–water partition coefficient (Wildman–Crippen LogP) is 3.08. The summed E-state index contributed by atoms with van der Waals surface area (Å²) in [5.74, 6) is 0. The molecule has 0 saturated heterocycles. The molecule has 0 radical (unpaired) electrons. The molecule has 0 heterocycles. The first kappa shape index (κ1) is 8.22. The van der Waals surface area contributed by atoms with Crippen LogP contribution in [0.25, 0.3) is 0 Å². The van der Waals surface area contributed by atoms with Crippen molar-refractivity contribution in [3.63, 3.8) is 0 Å². The quantitative estimate of drug-likeness (QED) is 0.494. The molecule has 0 amide bonds. The van der Waals surface area contributed by atoms with Gasteiger partial charge in [-0.15, -0.1) is 0 Å². The summed E-state index contributed by atoms with van der Waals surface area (Å²) < 4.78 is 0. The standard InChI is InChI=1S/C9H14/c1-5-9(4)7-6-8(2)3/h5-7H,2H2,1,3-4H3. The molecule has 0 unspecified atom stereocenters. The molecule has 0 rings (SSSR count). The first-order valence-electron chi connectivity index (χ1n) is 3.13. The Balaban J connectivity index is 3.86. The highest BCUT2D eigenvalue weighted by Crippen LogP contribution is 1.97. The van der Waals surface area contributed by atoms with E-state index in [-0.39, 0.29) is 0 Å². The second-order valence-corrected chi connectivity index (χ2v) is 2.21. The Bertz CT molecular complexity index is 147. The van der Waals surface area contributed by atoms with Crippen LogP contribution in [0.2, 0.25) is 0 Å². The maximum Gasteiger partial charge on any atom is -0.0401 e. The molecule has 0 aliphatic rings. The van der Waals surface area contributed by atoms with Gasteiger partial charge < -0.3 is 0 Å². The molecule has 50 valence electrons. The molecule has 0 N–H and O–H groups in total. The van der Waals surface area contributed by atoms with E-state index < -0.39 is 0 Å². The van der Waals surface area contributed by atoms with Crippen molar-refractivity contribution in [1.29, 1.82) is 0 Å². The highest BCUT2D eigenvalue weighted by atomic mass is 13.8. The molecule has 0 aromatic rings. The fraction of sp³-hybridized carbons (Fsp3) is 0.333. The summed E-state index contributed by atoms with van der Waals surface area (Å²) >= 11 is 0. The van der Waals surface area contributed by atoms with Crippen molar-refractivity contribution in [2.45, 2.75) is 20.8 Å². The van der Waals surface area contributed by atoms with Crippen LogP contribution >= 0.6 is 0 Å². The maximum atomic E-state index is 3.75. The van der Waals surface area contributed by atoms with Gasteiger partial charge in [-0.3, -0.25) is 0 Å². The monoisotopic (exact) mass is 122 g/mol. The summed E-state index contributed by atoms with van der Waals surface area (Å²) in [7, 11) is 0. The Morgan fingerprint density at radius 3 is 2.11 bits per heavy atom. The van der Waals surface area contributed by atoms with Crippen molar-refractivity contribution in [3.8, 4) is 0 Å². The number of allylic oxidation sites excluding steroid dienone is 5. The minimum atomic E-state index is 1.09. The Kier molecular flexibility index (Phi) is 3.78. The van der Waals surface area contributed by atoms with E-state index in [1.54, 1.807) is 0 Å². The van der Waals surface area contributed by atoms with Crippen molar-refractivity contribution in [2.75, 3.05) is 0 Å². The fourth-order valence-corrected chi connectivity index (χ4v) is 0.370. The van der Waals surface area contributed by atoms with Crippen LogP contribution in [0.15, 0.2) is 36.0 Å². The molecule has 0 nitrogen and oxygen atoms in total. The van der Waals surface area contributed by atoms with Crippen LogP contribution in [0.5, 0.6) is 0 Å². The van der Waals surface area contributed by atoms with Gasteiger partial charge in [0.2, 0.25) is 0 Å². The lowest BCUT2D eigenvalue weighted by atomic mass is 10.2. The molecule has 0 aliphatic heterocycles. The second kappa shape index (κ2) is 4.13. The summed E-state index contributed by atoms with van der Waals surface area (Å²) in [6.45, 7) is 9.83. The third kappa shape index (κ3) is 5.09. The van der Waals surface area contributed by atoms with E-state index in [0.29, 0.717) is 0 Å². The van der Waals surface area contributed by atoms with Gasteiger partial charge in [-0.05, 0) is 20.8 Å². The normalized spacial score (nSPS) is 12.6. The van der Waals surface area contributed by atoms with Crippen molar-refractivity contribution in [1.82, 2.24) is 0 Å². The molecule has 0 aromatic heterocycles. The van der Waals surface area contributed by atoms with Crippen LogP contribution in [0.3, 0.4) is 0 Å². The van der Waals surface area contributed by atoms with Gasteiger partial charge in [0.1, 0.15) is 0 Å². The molecular formula is C9H14. The first-order chi connectivity index (χ1) is 4.16. The summed E-state index contributed by atoms with van der Waals surface area (Å²) in [6.07, 6.45) is 6.14. The van der Waals surface area contributed by atoms with Gasteiger partial charge >= 0.3 is 0 Å². The molecular weight excluding hydrogens is 108 g/mol. The van der Waals surface area contributed by atoms with Crippen LogP contribution in [0.4, 0.5) is 0 Å². The Hall–Kier alpha value is -0.780. The number of rotatable bonds is 2. The zero-order chi connectivity index (χ0) is 7.28. The maximum absolute atomic E-state index is 3.75. The molecule has 9 heavy (non-hydrogen) atoms. The SMILES string of the molecule is C=C(C)C=CC(C)=CC. The predicted molar refractivity (Wildman–Crippen MR) is 43.4 cm³/mol. The van der Waals surface area contributed by atoms with E-state index in [2.05, 4.69) is 25.7 Å². The van der Waals surface area contributed by atoms with E-state index in [0.717, 1.165) is 5.57 Å². The van der Waals surface area contributed by atoms with Crippen LogP contribution in [0.1, 0.15) is 20.8 Å². The molecule has 0 aliphatic carbocycles. The van der Waals surface area contributed by atoms with Gasteiger partial charge in [0.25, 0.3) is 0 Å². The highest BCUT2D eigenvalue weighted by Gasteiger charge is 1.75. The molecule has 0 aromatic carbocycles. The largest absolute Gasteiger partial charge is 0.0961 e. The summed E-state index contributed by atoms with van der Waals surface area (Å²) in [6, 6.07) is 0. The van der Waals surface area contributed by atoms with E-state index in [4.69, 9.17) is 0 Å². The highest BCUT2D eigenvalue weighted by molar-refractivity contribution is 5.22. The molecule has 0 fully saturated rings. The molecule has 0 saturated carbocycles. The molecule has 0 bridgehead atoms. The van der Waals surface area contributed by atoms with Gasteiger partial charge in [0, 0.05) is 0 Å². The zero-order valence-corrected chi connectivity index (χ0v) is 6.44. The first-order valence-corrected chi connectivity index (χ1v) is 3.13. The van der Waals surface area contributed by atoms with Gasteiger partial charge in [-0.1, -0.05) is 36.0 Å². The average molecular weight is 122 g/mol. The number of hydrogen-bond acceptors (Lipinski definition) is 0. The van der Waals surface area contributed by atoms with Crippen molar-refractivity contribution in [2.24, 2.45) is 0 Å². The minimum Gasteiger partial charge on any atom is -0.0961 e. The molecule has 0 atom stereocenters. The van der Waals surface area contributed by atoms with Crippen molar-refractivity contribution >= 4 is 0 Å². The summed E-state index contributed by atoms with van der Waals surface area (Å²) in [4.78, 5) is 0. The topological polar surface area (TPSA) is 0 Å². The van der Waals surface area contributed by atoms with E-state index >= 15 is 0 Å². The lowest BCUT2D eigenvalue weighted by Crippen LogP contribution is -1.65. The van der Waals surface area contributed by atoms with E-state index in [9.17, 15) is 0 Å². The van der Waals surface area contributed by atoms with Crippen molar-refractivity contribution in [3.05, 3.63) is 36.0 Å². The molecule has 0 heteroatoms. The third-order valence-corrected chi connectivity index (χ3v) is 1.09. The van der Waals surface area contributed by atoms with E-state index in [1.165, 1.54) is 5.57 Å². The summed E-state index contributed by atoms with van der Waals surface area (Å²) in [5, 5.41) is 0. The smallest absolute Gasteiger partial charge is 0.0401 e. The van der Waals surface area contributed by atoms with Crippen molar-refractivity contribution < 1.29 is 0 Å². The second-order valence-electron chi connectivity index (χ2n) is 2.21. The average Bonchev–Trinajstić information content (AvgIpc) is 1.83. The van der Waals surface area contributed by atoms with Gasteiger partial charge in [-0.25, -0.2) is 0 Å². The molecule has 0 spiro atoms. The minimum absolute atomic E-state index is 1.09. The van der Waals surface area contributed by atoms with Crippen LogP contribution < -0.4 is 0 Å². The van der Waals surface area contributed by atoms with Gasteiger partial charge in [-0.2, -0.15) is 0 Å². The zero-order valence-electron chi connectivity index (χ0n) is 6.44. The third-order valence-electron chi connectivity index (χ3n) is 1.09. The van der Waals surface area contributed by atoms with Crippen LogP contribution in [0, 0.1) is 0 Å². The summed E-state index contributed by atoms with van der Waals surface area (Å²) in [5.41, 5.74) is 2.37. The van der Waals surface area contributed by atoms with Gasteiger partial charge in [0.05, 0.1) is 0 Å². The lowest BCUT2D eigenvalue weighted by Gasteiger charge is -1.86.